The second-order valence-corrected chi connectivity index (χ2v) is 5.96. The van der Waals surface area contributed by atoms with E-state index in [0.29, 0.717) is 23.8 Å². The van der Waals surface area contributed by atoms with Crippen LogP contribution < -0.4 is 14.9 Å². The molecule has 6 nitrogen and oxygen atoms in total. The molecule has 0 atom stereocenters. The zero-order valence-corrected chi connectivity index (χ0v) is 15.2. The van der Waals surface area contributed by atoms with E-state index in [4.69, 9.17) is 9.47 Å². The molecule has 0 aliphatic carbocycles. The number of aromatic nitrogens is 1. The highest BCUT2D eigenvalue weighted by Crippen LogP contribution is 2.27. The van der Waals surface area contributed by atoms with Gasteiger partial charge < -0.3 is 14.5 Å². The molecule has 1 aromatic carbocycles. The van der Waals surface area contributed by atoms with Crippen molar-refractivity contribution in [1.29, 1.82) is 0 Å². The molecule has 2 N–H and O–H groups in total. The van der Waals surface area contributed by atoms with Crippen molar-refractivity contribution in [1.82, 2.24) is 10.4 Å². The molecule has 0 radical (unpaired) electrons. The summed E-state index contributed by atoms with van der Waals surface area (Å²) >= 11 is 3.28. The second kappa shape index (κ2) is 9.12. The zero-order chi connectivity index (χ0) is 17.4. The number of amides is 1. The second-order valence-electron chi connectivity index (χ2n) is 5.04. The number of carbonyl (C=O) groups excluding carboxylic acids is 1. The molecule has 0 bridgehead atoms. The Kier molecular flexibility index (Phi) is 6.87. The molecule has 1 aromatic heterocycles. The van der Waals surface area contributed by atoms with E-state index in [1.54, 1.807) is 25.6 Å². The van der Waals surface area contributed by atoms with Gasteiger partial charge >= 0.3 is 0 Å². The largest absolute Gasteiger partial charge is 0.493 e. The van der Waals surface area contributed by atoms with Crippen LogP contribution in [0.2, 0.25) is 0 Å². The molecule has 0 fully saturated rings. The number of benzene rings is 1. The van der Waals surface area contributed by atoms with E-state index in [0.717, 1.165) is 22.9 Å². The molecule has 0 aliphatic heterocycles. The minimum absolute atomic E-state index is 0.315. The van der Waals surface area contributed by atoms with Crippen LogP contribution in [0.4, 0.5) is 0 Å². The fourth-order valence-corrected chi connectivity index (χ4v) is 2.28. The molecule has 0 saturated carbocycles. The Morgan fingerprint density at radius 3 is 2.88 bits per heavy atom. The van der Waals surface area contributed by atoms with Gasteiger partial charge in [0.1, 0.15) is 5.69 Å². The van der Waals surface area contributed by atoms with Crippen molar-refractivity contribution in [2.75, 3.05) is 13.7 Å². The molecule has 7 heteroatoms. The summed E-state index contributed by atoms with van der Waals surface area (Å²) in [6, 6.07) is 7.16. The van der Waals surface area contributed by atoms with Gasteiger partial charge in [0.05, 0.1) is 19.9 Å². The summed E-state index contributed by atoms with van der Waals surface area (Å²) in [7, 11) is 1.60. The van der Waals surface area contributed by atoms with Gasteiger partial charge in [-0.05, 0) is 52.2 Å². The summed E-state index contributed by atoms with van der Waals surface area (Å²) in [6.07, 6.45) is 5.28. The molecule has 24 heavy (non-hydrogen) atoms. The van der Waals surface area contributed by atoms with Gasteiger partial charge in [-0.25, -0.2) is 5.43 Å². The lowest BCUT2D eigenvalue weighted by Crippen LogP contribution is -2.17. The number of nitrogens with one attached hydrogen (secondary N) is 2. The number of rotatable bonds is 8. The summed E-state index contributed by atoms with van der Waals surface area (Å²) < 4.78 is 11.8. The van der Waals surface area contributed by atoms with Crippen LogP contribution in [0.1, 0.15) is 35.8 Å². The monoisotopic (exact) mass is 393 g/mol. The van der Waals surface area contributed by atoms with Crippen molar-refractivity contribution in [2.45, 2.75) is 19.8 Å². The molecule has 1 heterocycles. The third-order valence-corrected chi connectivity index (χ3v) is 3.67. The van der Waals surface area contributed by atoms with Crippen molar-refractivity contribution in [2.24, 2.45) is 5.10 Å². The van der Waals surface area contributed by atoms with E-state index in [1.807, 2.05) is 18.2 Å². The standard InChI is InChI=1S/C17H20BrN3O3/c1-3-4-7-24-16-8-12(5-6-15(16)23-2)10-20-21-17(22)14-9-13(18)11-19-14/h5-6,8-11,19H,3-4,7H2,1-2H3,(H,21,22)/b20-10-. The van der Waals surface area contributed by atoms with Crippen LogP contribution in [-0.4, -0.2) is 30.8 Å². The van der Waals surface area contributed by atoms with Gasteiger partial charge in [0, 0.05) is 10.7 Å². The highest BCUT2D eigenvalue weighted by Gasteiger charge is 2.07. The predicted octanol–water partition coefficient (Wildman–Crippen LogP) is 3.73. The van der Waals surface area contributed by atoms with Crippen molar-refractivity contribution in [3.8, 4) is 11.5 Å². The van der Waals surface area contributed by atoms with Crippen molar-refractivity contribution >= 4 is 28.1 Å². The van der Waals surface area contributed by atoms with E-state index < -0.39 is 0 Å². The maximum absolute atomic E-state index is 11.9. The number of unbranched alkanes of at least 4 members (excludes halogenated alkanes) is 1. The number of hydrazone groups is 1. The van der Waals surface area contributed by atoms with Gasteiger partial charge in [0.2, 0.25) is 0 Å². The summed E-state index contributed by atoms with van der Waals surface area (Å²) in [5, 5.41) is 3.96. The molecule has 0 unspecified atom stereocenters. The highest BCUT2D eigenvalue weighted by molar-refractivity contribution is 9.10. The Morgan fingerprint density at radius 2 is 2.21 bits per heavy atom. The summed E-state index contributed by atoms with van der Waals surface area (Å²) in [5.74, 6) is 1.02. The topological polar surface area (TPSA) is 75.7 Å². The average Bonchev–Trinajstić information content (AvgIpc) is 3.02. The fraction of sp³-hybridized carbons (Fsp3) is 0.294. The predicted molar refractivity (Wildman–Crippen MR) is 96.9 cm³/mol. The van der Waals surface area contributed by atoms with E-state index in [9.17, 15) is 4.79 Å². The van der Waals surface area contributed by atoms with Crippen LogP contribution in [0.3, 0.4) is 0 Å². The smallest absolute Gasteiger partial charge is 0.287 e. The van der Waals surface area contributed by atoms with Crippen molar-refractivity contribution < 1.29 is 14.3 Å². The number of ether oxygens (including phenoxy) is 2. The minimum Gasteiger partial charge on any atom is -0.493 e. The Bertz CT molecular complexity index is 713. The number of H-pyrrole nitrogens is 1. The molecule has 2 aromatic rings. The van der Waals surface area contributed by atoms with Gasteiger partial charge in [-0.3, -0.25) is 4.79 Å². The first-order chi connectivity index (χ1) is 11.6. The molecular formula is C17H20BrN3O3. The number of carbonyl (C=O) groups is 1. The summed E-state index contributed by atoms with van der Waals surface area (Å²) in [4.78, 5) is 14.7. The van der Waals surface area contributed by atoms with Gasteiger partial charge in [-0.15, -0.1) is 0 Å². The van der Waals surface area contributed by atoms with E-state index in [1.165, 1.54) is 0 Å². The lowest BCUT2D eigenvalue weighted by atomic mass is 10.2. The van der Waals surface area contributed by atoms with Crippen LogP contribution in [0.25, 0.3) is 0 Å². The number of nitrogens with zero attached hydrogens (tertiary/aromatic N) is 1. The van der Waals surface area contributed by atoms with Crippen molar-refractivity contribution in [3.05, 3.63) is 46.2 Å². The third-order valence-electron chi connectivity index (χ3n) is 3.22. The van der Waals surface area contributed by atoms with Crippen LogP contribution >= 0.6 is 15.9 Å². The van der Waals surface area contributed by atoms with Gasteiger partial charge in [0.25, 0.3) is 5.91 Å². The lowest BCUT2D eigenvalue weighted by molar-refractivity contribution is 0.0951. The average molecular weight is 394 g/mol. The quantitative estimate of drug-likeness (QED) is 0.407. The Morgan fingerprint density at radius 1 is 1.38 bits per heavy atom. The van der Waals surface area contributed by atoms with E-state index in [2.05, 4.69) is 38.4 Å². The van der Waals surface area contributed by atoms with Crippen LogP contribution in [0.5, 0.6) is 11.5 Å². The minimum atomic E-state index is -0.315. The normalized spacial score (nSPS) is 10.8. The first kappa shape index (κ1) is 18.1. The fourth-order valence-electron chi connectivity index (χ4n) is 1.94. The molecule has 128 valence electrons. The third kappa shape index (κ3) is 5.13. The maximum Gasteiger partial charge on any atom is 0.287 e. The molecule has 0 aliphatic rings. The summed E-state index contributed by atoms with van der Waals surface area (Å²) in [5.41, 5.74) is 3.70. The molecular weight excluding hydrogens is 374 g/mol. The van der Waals surface area contributed by atoms with Crippen LogP contribution in [0.15, 0.2) is 40.0 Å². The van der Waals surface area contributed by atoms with Crippen LogP contribution in [-0.2, 0) is 0 Å². The Balaban J connectivity index is 2.00. The first-order valence-corrected chi connectivity index (χ1v) is 8.41. The number of halogens is 1. The lowest BCUT2D eigenvalue weighted by Gasteiger charge is -2.10. The highest BCUT2D eigenvalue weighted by atomic mass is 79.9. The van der Waals surface area contributed by atoms with Crippen LogP contribution in [0, 0.1) is 0 Å². The SMILES string of the molecule is CCCCOc1cc(/C=N\NC(=O)c2cc(Br)c[nH]2)ccc1OC. The molecule has 1 amide bonds. The van der Waals surface area contributed by atoms with E-state index in [-0.39, 0.29) is 5.91 Å². The zero-order valence-electron chi connectivity index (χ0n) is 13.6. The first-order valence-electron chi connectivity index (χ1n) is 7.62. The van der Waals surface area contributed by atoms with E-state index >= 15 is 0 Å². The van der Waals surface area contributed by atoms with Gasteiger partial charge in [-0.1, -0.05) is 13.3 Å². The summed E-state index contributed by atoms with van der Waals surface area (Å²) in [6.45, 7) is 2.74. The number of hydrogen-bond acceptors (Lipinski definition) is 4. The van der Waals surface area contributed by atoms with Crippen molar-refractivity contribution in [3.63, 3.8) is 0 Å². The number of methoxy groups -OCH3 is 1. The number of aromatic amines is 1. The Labute approximate surface area is 149 Å². The maximum atomic E-state index is 11.9. The van der Waals surface area contributed by atoms with Gasteiger partial charge in [-0.2, -0.15) is 5.10 Å². The molecule has 0 saturated heterocycles. The van der Waals surface area contributed by atoms with Gasteiger partial charge in [0.15, 0.2) is 11.5 Å². The Hall–Kier alpha value is -2.28. The number of hydrogen-bond donors (Lipinski definition) is 2. The molecule has 2 rings (SSSR count). The molecule has 0 spiro atoms.